The highest BCUT2D eigenvalue weighted by Crippen LogP contribution is 2.25. The fraction of sp³-hybridized carbons (Fsp3) is 0.714. The average molecular weight is 218 g/mol. The highest BCUT2D eigenvalue weighted by Gasteiger charge is 2.51. The van der Waals surface area contributed by atoms with Crippen molar-refractivity contribution in [3.63, 3.8) is 0 Å². The fourth-order valence-corrected chi connectivity index (χ4v) is 2.17. The second kappa shape index (κ2) is 2.95. The van der Waals surface area contributed by atoms with Gasteiger partial charge in [-0.15, -0.1) is 0 Å². The van der Waals surface area contributed by atoms with Gasteiger partial charge in [0.25, 0.3) is 10.3 Å². The van der Waals surface area contributed by atoms with E-state index in [1.165, 1.54) is 0 Å². The molecule has 2 aliphatic heterocycles. The molecule has 1 spiro atoms. The third-order valence-electron chi connectivity index (χ3n) is 2.25. The zero-order chi connectivity index (χ0) is 9.47. The first kappa shape index (κ1) is 8.96. The molecule has 0 bridgehead atoms. The van der Waals surface area contributed by atoms with Crippen molar-refractivity contribution >= 4 is 34.8 Å². The van der Waals surface area contributed by atoms with Crippen molar-refractivity contribution in [2.45, 2.75) is 25.1 Å². The van der Waals surface area contributed by atoms with E-state index < -0.39 is 5.66 Å². The third-order valence-corrected chi connectivity index (χ3v) is 2.67. The molecule has 0 saturated carbocycles. The van der Waals surface area contributed by atoms with E-state index in [1.54, 1.807) is 0 Å². The average Bonchev–Trinajstić information content (AvgIpc) is 2.57. The zero-order valence-electron chi connectivity index (χ0n) is 7.12. The Morgan fingerprint density at radius 1 is 1.46 bits per heavy atom. The topological polar surface area (TPSA) is 42.5 Å². The lowest BCUT2D eigenvalue weighted by Gasteiger charge is -2.24. The predicted molar refractivity (Wildman–Crippen MR) is 55.3 cm³/mol. The van der Waals surface area contributed by atoms with E-state index in [1.807, 2.05) is 6.92 Å². The Balaban J connectivity index is 2.21. The van der Waals surface area contributed by atoms with Crippen LogP contribution in [0.1, 0.15) is 13.3 Å². The lowest BCUT2D eigenvalue weighted by Crippen LogP contribution is -2.58. The van der Waals surface area contributed by atoms with Crippen LogP contribution in [-0.2, 0) is 9.47 Å². The van der Waals surface area contributed by atoms with Gasteiger partial charge in [0.05, 0.1) is 0 Å². The van der Waals surface area contributed by atoms with E-state index in [4.69, 9.17) is 33.9 Å². The van der Waals surface area contributed by atoms with Gasteiger partial charge in [-0.05, 0) is 30.9 Å². The Labute approximate surface area is 87.0 Å². The third kappa shape index (κ3) is 1.34. The van der Waals surface area contributed by atoms with E-state index in [2.05, 4.69) is 10.6 Å². The van der Waals surface area contributed by atoms with E-state index in [-0.39, 0.29) is 6.10 Å². The summed E-state index contributed by atoms with van der Waals surface area (Å²) < 4.78 is 10.6. The Morgan fingerprint density at radius 3 is 2.69 bits per heavy atom. The van der Waals surface area contributed by atoms with Crippen LogP contribution in [0.15, 0.2) is 0 Å². The molecule has 72 valence electrons. The predicted octanol–water partition coefficient (Wildman–Crippen LogP) is 0.271. The summed E-state index contributed by atoms with van der Waals surface area (Å²) in [5.74, 6) is 0. The van der Waals surface area contributed by atoms with E-state index in [9.17, 15) is 0 Å². The van der Waals surface area contributed by atoms with E-state index in [0.29, 0.717) is 17.0 Å². The second-order valence-corrected chi connectivity index (χ2v) is 3.84. The molecule has 2 atom stereocenters. The largest absolute Gasteiger partial charge is 0.466 e. The number of nitrogens with one attached hydrogen (secondary N) is 2. The molecule has 0 aromatic heterocycles. The number of ether oxygens (including phenoxy) is 2. The highest BCUT2D eigenvalue weighted by atomic mass is 32.1. The SMILES string of the molecule is CC[C@@H]1OC(=S)NC12COC(=S)N2. The smallest absolute Gasteiger partial charge is 0.259 e. The standard InChI is InChI=1S/C7H10N2O2S2/c1-2-4-7(9-6(13)11-4)3-10-5(12)8-7/h4H,2-3H2,1H3,(H,8,12)(H,9,13)/t4-,7?/m0/s1. The molecule has 13 heavy (non-hydrogen) atoms. The minimum atomic E-state index is -0.428. The van der Waals surface area contributed by atoms with Gasteiger partial charge in [0.2, 0.25) is 0 Å². The molecule has 6 heteroatoms. The molecule has 1 unspecified atom stereocenters. The summed E-state index contributed by atoms with van der Waals surface area (Å²) in [5.41, 5.74) is -0.428. The zero-order valence-corrected chi connectivity index (χ0v) is 8.76. The molecule has 0 amide bonds. The van der Waals surface area contributed by atoms with Crippen LogP contribution in [0.25, 0.3) is 0 Å². The summed E-state index contributed by atoms with van der Waals surface area (Å²) >= 11 is 9.83. The Kier molecular flexibility index (Phi) is 2.03. The minimum absolute atomic E-state index is 0.0135. The van der Waals surface area contributed by atoms with Crippen molar-refractivity contribution in [1.82, 2.24) is 10.6 Å². The number of hydrogen-bond acceptors (Lipinski definition) is 4. The van der Waals surface area contributed by atoms with Gasteiger partial charge in [-0.25, -0.2) is 0 Å². The van der Waals surface area contributed by atoms with Gasteiger partial charge < -0.3 is 20.1 Å². The molecule has 0 aliphatic carbocycles. The van der Waals surface area contributed by atoms with Gasteiger partial charge >= 0.3 is 0 Å². The van der Waals surface area contributed by atoms with Crippen LogP contribution in [0.5, 0.6) is 0 Å². The van der Waals surface area contributed by atoms with Crippen LogP contribution in [0, 0.1) is 0 Å². The summed E-state index contributed by atoms with van der Waals surface area (Å²) in [7, 11) is 0. The van der Waals surface area contributed by atoms with Gasteiger partial charge in [-0.3, -0.25) is 0 Å². The van der Waals surface area contributed by atoms with Crippen molar-refractivity contribution in [3.05, 3.63) is 0 Å². The van der Waals surface area contributed by atoms with Crippen LogP contribution < -0.4 is 10.6 Å². The molecule has 4 nitrogen and oxygen atoms in total. The van der Waals surface area contributed by atoms with Crippen molar-refractivity contribution in [3.8, 4) is 0 Å². The first-order valence-electron chi connectivity index (χ1n) is 4.10. The van der Waals surface area contributed by atoms with Crippen LogP contribution in [-0.4, -0.2) is 28.7 Å². The summed E-state index contributed by atoms with van der Waals surface area (Å²) in [6.07, 6.45) is 0.840. The molecule has 2 aliphatic rings. The van der Waals surface area contributed by atoms with Gasteiger partial charge in [0.15, 0.2) is 5.66 Å². The second-order valence-electron chi connectivity index (χ2n) is 3.10. The molecular weight excluding hydrogens is 208 g/mol. The molecule has 0 aromatic carbocycles. The molecule has 0 aromatic rings. The lowest BCUT2D eigenvalue weighted by molar-refractivity contribution is 0.114. The normalized spacial score (nSPS) is 36.8. The first-order valence-corrected chi connectivity index (χ1v) is 4.91. The van der Waals surface area contributed by atoms with Crippen molar-refractivity contribution in [2.75, 3.05) is 6.61 Å². The Hall–Kier alpha value is -0.620. The number of thiocarbonyl (C=S) groups is 2. The van der Waals surface area contributed by atoms with Gasteiger partial charge in [0.1, 0.15) is 12.7 Å². The maximum Gasteiger partial charge on any atom is 0.259 e. The summed E-state index contributed by atoms with van der Waals surface area (Å²) in [6, 6.07) is 0. The molecule has 0 radical (unpaired) electrons. The van der Waals surface area contributed by atoms with Crippen molar-refractivity contribution in [2.24, 2.45) is 0 Å². The highest BCUT2D eigenvalue weighted by molar-refractivity contribution is 7.80. The number of rotatable bonds is 1. The van der Waals surface area contributed by atoms with Crippen molar-refractivity contribution in [1.29, 1.82) is 0 Å². The minimum Gasteiger partial charge on any atom is -0.466 e. The van der Waals surface area contributed by atoms with Gasteiger partial charge in [0, 0.05) is 0 Å². The van der Waals surface area contributed by atoms with E-state index >= 15 is 0 Å². The quantitative estimate of drug-likeness (QED) is 0.616. The molecule has 2 saturated heterocycles. The van der Waals surface area contributed by atoms with Gasteiger partial charge in [-0.1, -0.05) is 6.92 Å². The molecule has 2 rings (SSSR count). The molecule has 2 fully saturated rings. The summed E-state index contributed by atoms with van der Waals surface area (Å²) in [4.78, 5) is 0. The molecule has 2 heterocycles. The molecule has 2 N–H and O–H groups in total. The fourth-order valence-electron chi connectivity index (χ4n) is 1.63. The van der Waals surface area contributed by atoms with Crippen molar-refractivity contribution < 1.29 is 9.47 Å². The van der Waals surface area contributed by atoms with Crippen LogP contribution >= 0.6 is 24.4 Å². The monoisotopic (exact) mass is 218 g/mol. The lowest BCUT2D eigenvalue weighted by atomic mass is 10.0. The number of hydrogen-bond donors (Lipinski definition) is 2. The molecular formula is C7H10N2O2S2. The maximum atomic E-state index is 5.41. The Bertz CT molecular complexity index is 267. The maximum absolute atomic E-state index is 5.41. The first-order chi connectivity index (χ1) is 6.16. The van der Waals surface area contributed by atoms with Crippen LogP contribution in [0.3, 0.4) is 0 Å². The Morgan fingerprint density at radius 2 is 2.15 bits per heavy atom. The van der Waals surface area contributed by atoms with Crippen LogP contribution in [0.4, 0.5) is 0 Å². The summed E-state index contributed by atoms with van der Waals surface area (Å²) in [5, 5.41) is 6.90. The van der Waals surface area contributed by atoms with Crippen LogP contribution in [0.2, 0.25) is 0 Å². The van der Waals surface area contributed by atoms with E-state index in [0.717, 1.165) is 6.42 Å². The summed E-state index contributed by atoms with van der Waals surface area (Å²) in [6.45, 7) is 2.50. The van der Waals surface area contributed by atoms with Gasteiger partial charge in [-0.2, -0.15) is 0 Å².